The minimum atomic E-state index is -4.60. The largest absolute Gasteiger partial charge is 0.417 e. The van der Waals surface area contributed by atoms with E-state index >= 15 is 0 Å². The van der Waals surface area contributed by atoms with Crippen LogP contribution in [0.2, 0.25) is 0 Å². The number of H-pyrrole nitrogens is 1. The van der Waals surface area contributed by atoms with E-state index < -0.39 is 17.6 Å². The first-order valence-corrected chi connectivity index (χ1v) is 9.83. The van der Waals surface area contributed by atoms with Crippen LogP contribution in [0.15, 0.2) is 18.6 Å². The third kappa shape index (κ3) is 3.29. The molecular weight excluding hydrogens is 404 g/mol. The lowest BCUT2D eigenvalue weighted by atomic mass is 9.57. The lowest BCUT2D eigenvalue weighted by Crippen LogP contribution is -2.67. The molecule has 2 amide bonds. The summed E-state index contributed by atoms with van der Waals surface area (Å²) in [6, 6.07) is 0.537. The Kier molecular flexibility index (Phi) is 4.26. The zero-order valence-corrected chi connectivity index (χ0v) is 16.0. The van der Waals surface area contributed by atoms with Crippen LogP contribution in [-0.4, -0.2) is 62.2 Å². The molecule has 3 aliphatic rings. The van der Waals surface area contributed by atoms with Gasteiger partial charge in [-0.1, -0.05) is 0 Å². The second-order valence-electron chi connectivity index (χ2n) is 8.74. The number of nitrogens with zero attached hydrogens (tertiary/aromatic N) is 5. The van der Waals surface area contributed by atoms with Gasteiger partial charge in [-0.15, -0.1) is 0 Å². The second kappa shape index (κ2) is 6.64. The number of nitrogens with one attached hydrogen (secondary N) is 1. The molecule has 1 spiro atoms. The number of amides is 2. The van der Waals surface area contributed by atoms with Crippen LogP contribution in [-0.2, 0) is 12.6 Å². The summed E-state index contributed by atoms with van der Waals surface area (Å²) < 4.78 is 51.9. The van der Waals surface area contributed by atoms with E-state index in [0.29, 0.717) is 44.9 Å². The highest BCUT2D eigenvalue weighted by atomic mass is 19.4. The molecule has 7 nitrogen and oxygen atoms in total. The van der Waals surface area contributed by atoms with E-state index in [4.69, 9.17) is 0 Å². The third-order valence-corrected chi connectivity index (χ3v) is 6.47. The zero-order valence-electron chi connectivity index (χ0n) is 16.0. The minimum Gasteiger partial charge on any atom is -0.323 e. The quantitative estimate of drug-likeness (QED) is 0.769. The van der Waals surface area contributed by atoms with E-state index in [0.717, 1.165) is 18.7 Å². The summed E-state index contributed by atoms with van der Waals surface area (Å²) in [6.45, 7) is 2.60. The highest BCUT2D eigenvalue weighted by molar-refractivity contribution is 5.76. The van der Waals surface area contributed by atoms with Gasteiger partial charge >= 0.3 is 12.2 Å². The predicted octanol–water partition coefficient (Wildman–Crippen LogP) is 2.83. The summed E-state index contributed by atoms with van der Waals surface area (Å²) in [6.07, 6.45) is -0.460. The molecule has 11 heteroatoms. The van der Waals surface area contributed by atoms with Gasteiger partial charge in [-0.2, -0.15) is 18.3 Å². The summed E-state index contributed by atoms with van der Waals surface area (Å²) in [4.78, 5) is 24.0. The molecule has 0 unspecified atom stereocenters. The van der Waals surface area contributed by atoms with Crippen molar-refractivity contribution in [3.05, 3.63) is 41.5 Å². The number of aromatic nitrogens is 4. The van der Waals surface area contributed by atoms with E-state index in [1.54, 1.807) is 4.90 Å². The number of hydrogen-bond acceptors (Lipinski definition) is 4. The predicted molar refractivity (Wildman–Crippen MR) is 95.7 cm³/mol. The van der Waals surface area contributed by atoms with Crippen molar-refractivity contribution in [2.75, 3.05) is 26.2 Å². The van der Waals surface area contributed by atoms with Crippen molar-refractivity contribution in [3.63, 3.8) is 0 Å². The monoisotopic (exact) mass is 424 g/mol. The van der Waals surface area contributed by atoms with Crippen molar-refractivity contribution in [2.24, 2.45) is 11.3 Å². The molecule has 2 saturated heterocycles. The normalized spacial score (nSPS) is 21.3. The molecular formula is C19H20F4N6O. The van der Waals surface area contributed by atoms with Gasteiger partial charge in [0.05, 0.1) is 17.2 Å². The Morgan fingerprint density at radius 2 is 1.93 bits per heavy atom. The van der Waals surface area contributed by atoms with E-state index in [1.165, 1.54) is 6.33 Å². The number of carbonyl (C=O) groups is 1. The van der Waals surface area contributed by atoms with Gasteiger partial charge in [-0.05, 0) is 31.2 Å². The number of rotatable bonds is 3. The summed E-state index contributed by atoms with van der Waals surface area (Å²) >= 11 is 0. The van der Waals surface area contributed by atoms with Crippen LogP contribution in [0.4, 0.5) is 22.4 Å². The Morgan fingerprint density at radius 1 is 1.20 bits per heavy atom. The van der Waals surface area contributed by atoms with Gasteiger partial charge in [0.2, 0.25) is 0 Å². The van der Waals surface area contributed by atoms with Crippen LogP contribution in [0.25, 0.3) is 0 Å². The first-order chi connectivity index (χ1) is 14.2. The van der Waals surface area contributed by atoms with Gasteiger partial charge in [-0.25, -0.2) is 14.2 Å². The smallest absolute Gasteiger partial charge is 0.323 e. The number of hydrogen-bond donors (Lipinski definition) is 1. The standard InChI is InChI=1S/C19H20F4N6O/c20-14-2-13(19(21,22)23)5-24-15(14)1-11-3-18(4-11)8-29(9-18)17(30)28-6-12(7-28)16-25-10-26-27-16/h2,5,10-12H,1,3-4,6-9H2,(H,25,26,27). The number of alkyl halides is 3. The molecule has 5 rings (SSSR count). The van der Waals surface area contributed by atoms with Crippen molar-refractivity contribution in [1.29, 1.82) is 0 Å². The molecule has 3 fully saturated rings. The van der Waals surface area contributed by atoms with Crippen molar-refractivity contribution < 1.29 is 22.4 Å². The van der Waals surface area contributed by atoms with Crippen LogP contribution in [0, 0.1) is 17.2 Å². The highest BCUT2D eigenvalue weighted by Crippen LogP contribution is 2.53. The summed E-state index contributed by atoms with van der Waals surface area (Å²) in [7, 11) is 0. The third-order valence-electron chi connectivity index (χ3n) is 6.47. The molecule has 30 heavy (non-hydrogen) atoms. The van der Waals surface area contributed by atoms with Gasteiger partial charge in [0.25, 0.3) is 0 Å². The SMILES string of the molecule is O=C(N1CC(c2ncn[nH]2)C1)N1CC2(CC(Cc3ncc(C(F)(F)F)cc3F)C2)C1. The Morgan fingerprint density at radius 3 is 2.53 bits per heavy atom. The molecule has 4 heterocycles. The number of urea groups is 1. The first kappa shape index (κ1) is 19.3. The molecule has 0 radical (unpaired) electrons. The Bertz CT molecular complexity index is 942. The van der Waals surface area contributed by atoms with Crippen molar-refractivity contribution >= 4 is 6.03 Å². The Hall–Kier alpha value is -2.72. The number of aromatic amines is 1. The maximum Gasteiger partial charge on any atom is 0.417 e. The van der Waals surface area contributed by atoms with Gasteiger partial charge in [0, 0.05) is 37.8 Å². The first-order valence-electron chi connectivity index (χ1n) is 9.83. The van der Waals surface area contributed by atoms with Crippen molar-refractivity contribution in [2.45, 2.75) is 31.4 Å². The fraction of sp³-hybridized carbons (Fsp3) is 0.579. The van der Waals surface area contributed by atoms with E-state index in [1.807, 2.05) is 4.90 Å². The molecule has 0 aromatic carbocycles. The fourth-order valence-electron chi connectivity index (χ4n) is 4.93. The molecule has 2 aromatic rings. The van der Waals surface area contributed by atoms with Crippen molar-refractivity contribution in [3.8, 4) is 0 Å². The minimum absolute atomic E-state index is 0.0234. The van der Waals surface area contributed by atoms with E-state index in [-0.39, 0.29) is 29.0 Å². The molecule has 160 valence electrons. The second-order valence-corrected chi connectivity index (χ2v) is 8.74. The average Bonchev–Trinajstić information content (AvgIpc) is 3.08. The lowest BCUT2D eigenvalue weighted by molar-refractivity contribution is -0.138. The number of halogens is 4. The molecule has 2 aliphatic heterocycles. The zero-order chi connectivity index (χ0) is 21.1. The highest BCUT2D eigenvalue weighted by Gasteiger charge is 2.54. The molecule has 0 bridgehead atoms. The van der Waals surface area contributed by atoms with E-state index in [9.17, 15) is 22.4 Å². The summed E-state index contributed by atoms with van der Waals surface area (Å²) in [5.74, 6) is 0.270. The van der Waals surface area contributed by atoms with Gasteiger partial charge in [-0.3, -0.25) is 10.1 Å². The lowest BCUT2D eigenvalue weighted by Gasteiger charge is -2.60. The average molecular weight is 424 g/mol. The summed E-state index contributed by atoms with van der Waals surface area (Å²) in [5, 5.41) is 6.65. The van der Waals surface area contributed by atoms with Crippen LogP contribution in [0.3, 0.4) is 0 Å². The molecule has 1 aliphatic carbocycles. The molecule has 1 saturated carbocycles. The topological polar surface area (TPSA) is 78.0 Å². The maximum absolute atomic E-state index is 14.0. The van der Waals surface area contributed by atoms with Gasteiger partial charge in [0.15, 0.2) is 0 Å². The number of likely N-dealkylation sites (tertiary alicyclic amines) is 2. The van der Waals surface area contributed by atoms with Crippen LogP contribution in [0.1, 0.15) is 35.8 Å². The van der Waals surface area contributed by atoms with Gasteiger partial charge in [0.1, 0.15) is 18.0 Å². The van der Waals surface area contributed by atoms with E-state index in [2.05, 4.69) is 20.2 Å². The number of pyridine rings is 1. The van der Waals surface area contributed by atoms with Crippen LogP contribution >= 0.6 is 0 Å². The maximum atomic E-state index is 14.0. The molecule has 1 N–H and O–H groups in total. The molecule has 0 atom stereocenters. The summed E-state index contributed by atoms with van der Waals surface area (Å²) in [5.41, 5.74) is -0.926. The molecule has 2 aromatic heterocycles. The van der Waals surface area contributed by atoms with Crippen LogP contribution in [0.5, 0.6) is 0 Å². The number of carbonyl (C=O) groups excluding carboxylic acids is 1. The van der Waals surface area contributed by atoms with Crippen LogP contribution < -0.4 is 0 Å². The van der Waals surface area contributed by atoms with Crippen molar-refractivity contribution in [1.82, 2.24) is 30.0 Å². The Balaban J connectivity index is 1.08. The fourth-order valence-corrected chi connectivity index (χ4v) is 4.93. The van der Waals surface area contributed by atoms with Gasteiger partial charge < -0.3 is 9.80 Å². The Labute approximate surface area is 169 Å².